The molecule has 4 heteroatoms. The van der Waals surface area contributed by atoms with E-state index in [0.717, 1.165) is 18.6 Å². The van der Waals surface area contributed by atoms with Crippen molar-refractivity contribution in [1.82, 2.24) is 0 Å². The number of benzene rings is 1. The minimum Gasteiger partial charge on any atom is -0.344 e. The Kier molecular flexibility index (Phi) is 4.66. The quantitative estimate of drug-likeness (QED) is 0.620. The Morgan fingerprint density at radius 3 is 2.80 bits per heavy atom. The van der Waals surface area contributed by atoms with Gasteiger partial charge in [-0.25, -0.2) is 9.78 Å². The van der Waals surface area contributed by atoms with E-state index in [4.69, 9.17) is 14.5 Å². The van der Waals surface area contributed by atoms with Crippen LogP contribution in [0.4, 0.5) is 0 Å². The molecular formula is C16H22O3S. The maximum atomic E-state index is 5.97. The van der Waals surface area contributed by atoms with Gasteiger partial charge in [-0.2, -0.15) is 0 Å². The second-order valence-corrected chi connectivity index (χ2v) is 6.80. The molecule has 1 spiro atoms. The highest BCUT2D eigenvalue weighted by Crippen LogP contribution is 2.36. The van der Waals surface area contributed by atoms with Crippen LogP contribution in [0, 0.1) is 6.92 Å². The molecule has 1 heterocycles. The third-order valence-electron chi connectivity index (χ3n) is 3.91. The van der Waals surface area contributed by atoms with Crippen LogP contribution in [-0.4, -0.2) is 24.3 Å². The summed E-state index contributed by atoms with van der Waals surface area (Å²) in [5.74, 6) is 0.419. The Morgan fingerprint density at radius 2 is 2.10 bits per heavy atom. The smallest absolute Gasteiger partial charge is 0.201 e. The molecule has 110 valence electrons. The summed E-state index contributed by atoms with van der Waals surface area (Å²) in [6, 6.07) is 8.52. The van der Waals surface area contributed by atoms with Crippen molar-refractivity contribution in [3.05, 3.63) is 29.8 Å². The van der Waals surface area contributed by atoms with Gasteiger partial charge in [-0.15, -0.1) is 11.8 Å². The molecular weight excluding hydrogens is 272 g/mol. The number of thioether (sulfide) groups is 1. The molecule has 2 aliphatic rings. The van der Waals surface area contributed by atoms with Crippen molar-refractivity contribution < 1.29 is 14.5 Å². The van der Waals surface area contributed by atoms with Crippen molar-refractivity contribution in [1.29, 1.82) is 0 Å². The molecule has 20 heavy (non-hydrogen) atoms. The van der Waals surface area contributed by atoms with Gasteiger partial charge in [-0.3, -0.25) is 0 Å². The first-order valence-corrected chi connectivity index (χ1v) is 8.42. The highest BCUT2D eigenvalue weighted by molar-refractivity contribution is 7.99. The molecule has 1 atom stereocenters. The largest absolute Gasteiger partial charge is 0.344 e. The third-order valence-corrected chi connectivity index (χ3v) is 5.03. The van der Waals surface area contributed by atoms with Gasteiger partial charge >= 0.3 is 0 Å². The van der Waals surface area contributed by atoms with Crippen molar-refractivity contribution in [3.63, 3.8) is 0 Å². The van der Waals surface area contributed by atoms with Crippen molar-refractivity contribution in [2.24, 2.45) is 0 Å². The summed E-state index contributed by atoms with van der Waals surface area (Å²) in [6.07, 6.45) is 5.57. The van der Waals surface area contributed by atoms with Crippen LogP contribution in [0.2, 0.25) is 0 Å². The monoisotopic (exact) mass is 294 g/mol. The van der Waals surface area contributed by atoms with Crippen LogP contribution < -0.4 is 0 Å². The Hall–Kier alpha value is -0.550. The third kappa shape index (κ3) is 3.55. The molecule has 1 unspecified atom stereocenters. The summed E-state index contributed by atoms with van der Waals surface area (Å²) in [7, 11) is 0. The number of aryl methyl sites for hydroxylation is 1. The van der Waals surface area contributed by atoms with Gasteiger partial charge in [0.25, 0.3) is 0 Å². The Labute approximate surface area is 124 Å². The Balaban J connectivity index is 1.46. The van der Waals surface area contributed by atoms with Gasteiger partial charge in [-0.05, 0) is 31.9 Å². The molecule has 0 bridgehead atoms. The number of hydrogen-bond acceptors (Lipinski definition) is 4. The van der Waals surface area contributed by atoms with Crippen LogP contribution >= 0.6 is 11.8 Å². The summed E-state index contributed by atoms with van der Waals surface area (Å²) in [4.78, 5) is 12.4. The van der Waals surface area contributed by atoms with E-state index < -0.39 is 5.79 Å². The predicted molar refractivity (Wildman–Crippen MR) is 79.6 cm³/mol. The van der Waals surface area contributed by atoms with Crippen LogP contribution in [0.1, 0.15) is 37.7 Å². The van der Waals surface area contributed by atoms with Gasteiger partial charge < -0.3 is 4.74 Å². The first-order valence-electron chi connectivity index (χ1n) is 7.44. The minimum absolute atomic E-state index is 0.0214. The predicted octanol–water partition coefficient (Wildman–Crippen LogP) is 4.09. The lowest BCUT2D eigenvalue weighted by atomic mass is 9.94. The topological polar surface area (TPSA) is 27.7 Å². The molecule has 1 saturated carbocycles. The Morgan fingerprint density at radius 1 is 1.25 bits per heavy atom. The normalized spacial score (nSPS) is 25.8. The maximum Gasteiger partial charge on any atom is 0.201 e. The van der Waals surface area contributed by atoms with Gasteiger partial charge in [0.1, 0.15) is 6.10 Å². The van der Waals surface area contributed by atoms with E-state index in [1.54, 1.807) is 11.8 Å². The van der Waals surface area contributed by atoms with Gasteiger partial charge in [0.15, 0.2) is 0 Å². The fourth-order valence-corrected chi connectivity index (χ4v) is 3.71. The lowest BCUT2D eigenvalue weighted by Gasteiger charge is -2.40. The molecule has 1 saturated heterocycles. The molecule has 2 fully saturated rings. The standard InChI is InChI=1S/C16H22O3S/c1-13-6-5-7-15(10-13)20-12-14-11-17-16(19-18-14)8-3-2-4-9-16/h5-7,10,14H,2-4,8-9,11-12H2,1H3. The van der Waals surface area contributed by atoms with Crippen LogP contribution in [0.3, 0.4) is 0 Å². The van der Waals surface area contributed by atoms with Gasteiger partial charge in [0.2, 0.25) is 5.79 Å². The first-order chi connectivity index (χ1) is 9.76. The summed E-state index contributed by atoms with van der Waals surface area (Å²) in [5.41, 5.74) is 1.29. The number of rotatable bonds is 3. The van der Waals surface area contributed by atoms with Crippen LogP contribution in [0.5, 0.6) is 0 Å². The first kappa shape index (κ1) is 14.4. The summed E-state index contributed by atoms with van der Waals surface area (Å²) in [6.45, 7) is 2.75. The highest BCUT2D eigenvalue weighted by atomic mass is 32.2. The summed E-state index contributed by atoms with van der Waals surface area (Å²) in [5, 5.41) is 0. The number of ether oxygens (including phenoxy) is 1. The van der Waals surface area contributed by atoms with Crippen molar-refractivity contribution in [2.45, 2.75) is 55.8 Å². The zero-order valence-corrected chi connectivity index (χ0v) is 12.8. The van der Waals surface area contributed by atoms with E-state index in [-0.39, 0.29) is 6.10 Å². The minimum atomic E-state index is -0.442. The number of hydrogen-bond donors (Lipinski definition) is 0. The second-order valence-electron chi connectivity index (χ2n) is 5.71. The van der Waals surface area contributed by atoms with Crippen LogP contribution in [-0.2, 0) is 14.5 Å². The lowest BCUT2D eigenvalue weighted by Crippen LogP contribution is -2.47. The fraction of sp³-hybridized carbons (Fsp3) is 0.625. The maximum absolute atomic E-state index is 5.97. The average molecular weight is 294 g/mol. The zero-order chi connectivity index (χ0) is 13.8. The summed E-state index contributed by atoms with van der Waals surface area (Å²) < 4.78 is 5.97. The molecule has 0 aromatic heterocycles. The molecule has 0 N–H and O–H groups in total. The van der Waals surface area contributed by atoms with E-state index >= 15 is 0 Å². The van der Waals surface area contributed by atoms with E-state index in [1.807, 2.05) is 0 Å². The molecule has 0 amide bonds. The Bertz CT molecular complexity index is 433. The van der Waals surface area contributed by atoms with Crippen molar-refractivity contribution in [3.8, 4) is 0 Å². The van der Waals surface area contributed by atoms with Gasteiger partial charge in [0.05, 0.1) is 6.61 Å². The fourth-order valence-electron chi connectivity index (χ4n) is 2.74. The van der Waals surface area contributed by atoms with E-state index in [0.29, 0.717) is 6.61 Å². The highest BCUT2D eigenvalue weighted by Gasteiger charge is 2.40. The molecule has 3 rings (SSSR count). The van der Waals surface area contributed by atoms with E-state index in [9.17, 15) is 0 Å². The van der Waals surface area contributed by atoms with Gasteiger partial charge in [0, 0.05) is 23.5 Å². The molecule has 1 aliphatic heterocycles. The second kappa shape index (κ2) is 6.48. The SMILES string of the molecule is Cc1cccc(SCC2COC3(CCCCC3)OO2)c1. The molecule has 1 aromatic rings. The molecule has 1 aromatic carbocycles. The zero-order valence-electron chi connectivity index (χ0n) is 12.0. The molecule has 3 nitrogen and oxygen atoms in total. The lowest BCUT2D eigenvalue weighted by molar-refractivity contribution is -0.488. The van der Waals surface area contributed by atoms with Crippen LogP contribution in [0.15, 0.2) is 29.2 Å². The van der Waals surface area contributed by atoms with E-state index in [1.165, 1.54) is 29.7 Å². The van der Waals surface area contributed by atoms with Crippen LogP contribution in [0.25, 0.3) is 0 Å². The molecule has 0 radical (unpaired) electrons. The van der Waals surface area contributed by atoms with Crippen molar-refractivity contribution >= 4 is 11.8 Å². The van der Waals surface area contributed by atoms with Gasteiger partial charge in [-0.1, -0.05) is 24.1 Å². The summed E-state index contributed by atoms with van der Waals surface area (Å²) >= 11 is 1.79. The van der Waals surface area contributed by atoms with Crippen molar-refractivity contribution in [2.75, 3.05) is 12.4 Å². The molecule has 1 aliphatic carbocycles. The average Bonchev–Trinajstić information content (AvgIpc) is 2.48. The van der Waals surface area contributed by atoms with E-state index in [2.05, 4.69) is 31.2 Å².